The molecule has 0 bridgehead atoms. The monoisotopic (exact) mass is 1040 g/mol. The van der Waals surface area contributed by atoms with Crippen LogP contribution in [-0.2, 0) is 23.2 Å². The molecule has 0 aliphatic heterocycles. The van der Waals surface area contributed by atoms with Gasteiger partial charge in [-0.2, -0.15) is 10.4 Å². The Morgan fingerprint density at radius 1 is 0.740 bits per heavy atom. The van der Waals surface area contributed by atoms with E-state index in [9.17, 15) is 14.9 Å². The SMILES string of the molecule is C=CC(=O)Nc1cc(Nc2nc(CN(C)CCN(C)c3cc(OC)c(Nc4nccc(-c5cc(C#N)cc6c5cnn6C)n4)cc3NC(=O)C=C)cc(-c3nc(NC)c4ccccn34)n2)c(OC)cc1N(C)CCN(C)C. The van der Waals surface area contributed by atoms with E-state index in [1.807, 2.05) is 106 Å². The number of carbonyl (C=O) groups is 2. The third-order valence-electron chi connectivity index (χ3n) is 12.7. The second kappa shape index (κ2) is 23.7. The van der Waals surface area contributed by atoms with Gasteiger partial charge < -0.3 is 50.8 Å². The molecule has 0 unspecified atom stereocenters. The van der Waals surface area contributed by atoms with E-state index < -0.39 is 5.91 Å². The standard InChI is InChI=1S/C55H62N18O4/c1-12-50(74)61-39-27-41(64-54-58-18-17-38(63-54)36-24-34(31-56)25-45-37(36)32-59-72(45)9)48(76-10)30-47(39)71(8)23-21-69(6)33-35-26-43(53-67-52(57-3)44-16-14-15-19-73(44)53)66-55(60-35)65-42-28-40(62-51(75)13-2)46(29-49(42)77-11)70(7)22-20-68(4)5/h12-19,24-30,32,57H,1-2,20-23,33H2,3-11H3,(H,61,74)(H,62,75)(H,58,63,64)(H,60,65,66). The average molecular weight is 1040 g/mol. The van der Waals surface area contributed by atoms with Gasteiger partial charge in [0.2, 0.25) is 23.7 Å². The first kappa shape index (κ1) is 53.7. The van der Waals surface area contributed by atoms with Crippen LogP contribution in [0, 0.1) is 11.3 Å². The van der Waals surface area contributed by atoms with E-state index in [1.165, 1.54) is 12.2 Å². The van der Waals surface area contributed by atoms with Crippen molar-refractivity contribution >= 4 is 80.1 Å². The normalized spacial score (nSPS) is 11.1. The van der Waals surface area contributed by atoms with Gasteiger partial charge in [0.1, 0.15) is 17.2 Å². The molecule has 77 heavy (non-hydrogen) atoms. The lowest BCUT2D eigenvalue weighted by Crippen LogP contribution is -2.31. The van der Waals surface area contributed by atoms with Crippen LogP contribution >= 0.6 is 0 Å². The number of imidazole rings is 1. The van der Waals surface area contributed by atoms with Crippen LogP contribution in [0.25, 0.3) is 39.2 Å². The van der Waals surface area contributed by atoms with Crippen molar-refractivity contribution in [3.63, 3.8) is 0 Å². The Morgan fingerprint density at radius 3 is 1.99 bits per heavy atom. The average Bonchev–Trinajstić information content (AvgIpc) is 4.07. The summed E-state index contributed by atoms with van der Waals surface area (Å²) in [5.41, 5.74) is 8.14. The number of aryl methyl sites for hydroxylation is 1. The molecule has 0 radical (unpaired) electrons. The maximum atomic E-state index is 13.0. The smallest absolute Gasteiger partial charge is 0.247 e. The summed E-state index contributed by atoms with van der Waals surface area (Å²) in [7, 11) is 16.7. The summed E-state index contributed by atoms with van der Waals surface area (Å²) < 4.78 is 15.5. The van der Waals surface area contributed by atoms with Crippen LogP contribution in [0.5, 0.6) is 11.5 Å². The molecule has 2 amide bonds. The van der Waals surface area contributed by atoms with Crippen LogP contribution in [-0.4, -0.2) is 143 Å². The molecular formula is C55H62N18O4. The zero-order valence-corrected chi connectivity index (χ0v) is 44.6. The highest BCUT2D eigenvalue weighted by atomic mass is 16.5. The zero-order valence-electron chi connectivity index (χ0n) is 44.6. The summed E-state index contributed by atoms with van der Waals surface area (Å²) in [5.74, 6) is 2.02. The fourth-order valence-corrected chi connectivity index (χ4v) is 8.62. The maximum Gasteiger partial charge on any atom is 0.247 e. The number of anilines is 9. The molecule has 3 aromatic carbocycles. The first-order valence-electron chi connectivity index (χ1n) is 24.5. The fraction of sp³-hybridized carbons (Fsp3) is 0.255. The van der Waals surface area contributed by atoms with E-state index >= 15 is 0 Å². The summed E-state index contributed by atoms with van der Waals surface area (Å²) in [6.45, 7) is 10.3. The number of rotatable bonds is 23. The van der Waals surface area contributed by atoms with Gasteiger partial charge in [-0.05, 0) is 81.8 Å². The van der Waals surface area contributed by atoms with E-state index in [-0.39, 0.29) is 17.8 Å². The van der Waals surface area contributed by atoms with Crippen LogP contribution in [0.1, 0.15) is 11.3 Å². The van der Waals surface area contributed by atoms with Crippen LogP contribution < -0.4 is 45.9 Å². The van der Waals surface area contributed by atoms with Gasteiger partial charge in [-0.1, -0.05) is 19.2 Å². The second-order valence-corrected chi connectivity index (χ2v) is 18.3. The number of amides is 2. The largest absolute Gasteiger partial charge is 0.494 e. The van der Waals surface area contributed by atoms with E-state index in [0.717, 1.165) is 34.2 Å². The Balaban J connectivity index is 1.08. The molecule has 22 heteroatoms. The number of hydrogen-bond acceptors (Lipinski definition) is 18. The van der Waals surface area contributed by atoms with Crippen molar-refractivity contribution in [1.29, 1.82) is 5.26 Å². The molecule has 22 nitrogen and oxygen atoms in total. The Morgan fingerprint density at radius 2 is 1.38 bits per heavy atom. The highest BCUT2D eigenvalue weighted by Gasteiger charge is 2.22. The Hall–Kier alpha value is -9.59. The summed E-state index contributed by atoms with van der Waals surface area (Å²) in [6.07, 6.45) is 7.74. The predicted molar refractivity (Wildman–Crippen MR) is 304 cm³/mol. The maximum absolute atomic E-state index is 13.0. The van der Waals surface area contributed by atoms with Gasteiger partial charge in [-0.3, -0.25) is 23.6 Å². The molecule has 0 fully saturated rings. The lowest BCUT2D eigenvalue weighted by Gasteiger charge is -2.27. The molecule has 8 aromatic rings. The van der Waals surface area contributed by atoms with Gasteiger partial charge in [-0.25, -0.2) is 24.9 Å². The number of aromatic nitrogens is 8. The minimum atomic E-state index is -0.404. The van der Waals surface area contributed by atoms with E-state index in [1.54, 1.807) is 61.6 Å². The molecule has 0 spiro atoms. The fourth-order valence-electron chi connectivity index (χ4n) is 8.62. The minimum absolute atomic E-state index is 0.261. The number of ether oxygens (including phenoxy) is 2. The quantitative estimate of drug-likeness (QED) is 0.0393. The zero-order chi connectivity index (χ0) is 54.9. The van der Waals surface area contributed by atoms with E-state index in [2.05, 4.69) is 65.7 Å². The van der Waals surface area contributed by atoms with Crippen molar-refractivity contribution < 1.29 is 19.1 Å². The molecule has 396 valence electrons. The van der Waals surface area contributed by atoms with Crippen LogP contribution in [0.15, 0.2) is 111 Å². The molecule has 8 rings (SSSR count). The number of methoxy groups -OCH3 is 2. The lowest BCUT2D eigenvalue weighted by molar-refractivity contribution is -0.112. The molecule has 0 atom stereocenters. The Bertz CT molecular complexity index is 3550. The van der Waals surface area contributed by atoms with Gasteiger partial charge in [0.15, 0.2) is 11.6 Å². The Kier molecular flexibility index (Phi) is 16.6. The first-order chi connectivity index (χ1) is 37.1. The molecule has 0 aliphatic rings. The molecular weight excluding hydrogens is 977 g/mol. The number of nitriles is 1. The first-order valence-corrected chi connectivity index (χ1v) is 24.5. The van der Waals surface area contributed by atoms with Crippen molar-refractivity contribution in [3.05, 3.63) is 122 Å². The van der Waals surface area contributed by atoms with Crippen molar-refractivity contribution in [2.24, 2.45) is 7.05 Å². The predicted octanol–water partition coefficient (Wildman–Crippen LogP) is 7.37. The summed E-state index contributed by atoms with van der Waals surface area (Å²) in [5, 5.41) is 30.8. The van der Waals surface area contributed by atoms with Gasteiger partial charge in [0, 0.05) is 96.4 Å². The third kappa shape index (κ3) is 12.2. The topological polar surface area (TPSA) is 236 Å². The highest BCUT2D eigenvalue weighted by Crippen LogP contribution is 2.40. The van der Waals surface area contributed by atoms with Crippen molar-refractivity contribution in [2.45, 2.75) is 6.54 Å². The van der Waals surface area contributed by atoms with Gasteiger partial charge in [0.25, 0.3) is 0 Å². The number of nitrogens with zero attached hydrogens (tertiary/aromatic N) is 13. The minimum Gasteiger partial charge on any atom is -0.494 e. The lowest BCUT2D eigenvalue weighted by atomic mass is 10.0. The van der Waals surface area contributed by atoms with Crippen molar-refractivity contribution in [2.75, 3.05) is 119 Å². The van der Waals surface area contributed by atoms with Crippen LogP contribution in [0.3, 0.4) is 0 Å². The number of hydrogen-bond donors (Lipinski definition) is 5. The van der Waals surface area contributed by atoms with E-state index in [0.29, 0.717) is 100 Å². The van der Waals surface area contributed by atoms with Crippen LogP contribution in [0.2, 0.25) is 0 Å². The second-order valence-electron chi connectivity index (χ2n) is 18.3. The molecule has 0 saturated carbocycles. The van der Waals surface area contributed by atoms with Crippen molar-refractivity contribution in [1.82, 2.24) is 48.9 Å². The molecule has 5 N–H and O–H groups in total. The molecule has 0 saturated heterocycles. The van der Waals surface area contributed by atoms with Gasteiger partial charge in [0.05, 0.1) is 88.6 Å². The molecule has 5 heterocycles. The van der Waals surface area contributed by atoms with Crippen molar-refractivity contribution in [3.8, 4) is 40.3 Å². The number of fused-ring (bicyclic) bond motifs is 2. The molecule has 5 aromatic heterocycles. The Labute approximate surface area is 446 Å². The van der Waals surface area contributed by atoms with E-state index in [4.69, 9.17) is 29.4 Å². The summed E-state index contributed by atoms with van der Waals surface area (Å²) >= 11 is 0. The number of likely N-dealkylation sites (N-methyl/N-ethyl adjacent to an activating group) is 4. The number of nitrogens with one attached hydrogen (secondary N) is 5. The number of carbonyl (C=O) groups excluding carboxylic acids is 2. The third-order valence-corrected chi connectivity index (χ3v) is 12.7. The van der Waals surface area contributed by atoms with Gasteiger partial charge in [-0.15, -0.1) is 0 Å². The number of pyridine rings is 1. The van der Waals surface area contributed by atoms with Crippen LogP contribution in [0.4, 0.5) is 51.8 Å². The summed E-state index contributed by atoms with van der Waals surface area (Å²) in [6, 6.07) is 22.6. The van der Waals surface area contributed by atoms with Gasteiger partial charge >= 0.3 is 0 Å². The highest BCUT2D eigenvalue weighted by molar-refractivity contribution is 6.03. The number of benzene rings is 3. The molecule has 0 aliphatic carbocycles. The summed E-state index contributed by atoms with van der Waals surface area (Å²) in [4.78, 5) is 58.3.